The van der Waals surface area contributed by atoms with E-state index >= 15 is 0 Å². The molecule has 152 valence electrons. The molecule has 0 atom stereocenters. The first-order chi connectivity index (χ1) is 14.2. The first kappa shape index (κ1) is 20.8. The highest BCUT2D eigenvalue weighted by atomic mass is 32.1. The number of thiazole rings is 1. The highest BCUT2D eigenvalue weighted by Crippen LogP contribution is 2.27. The Bertz CT molecular complexity index is 914. The van der Waals surface area contributed by atoms with Crippen LogP contribution in [-0.4, -0.2) is 43.2 Å². The van der Waals surface area contributed by atoms with Crippen LogP contribution >= 0.6 is 11.3 Å². The average Bonchev–Trinajstić information content (AvgIpc) is 3.22. The fraction of sp³-hybridized carbons (Fsp3) is 0.273. The lowest BCUT2D eigenvalue weighted by molar-refractivity contribution is 0.0678. The van der Waals surface area contributed by atoms with E-state index < -0.39 is 0 Å². The molecule has 0 aliphatic rings. The molecular formula is C22H24N2O4S. The number of hydrogen-bond acceptors (Lipinski definition) is 6. The van der Waals surface area contributed by atoms with Crippen molar-refractivity contribution in [2.75, 3.05) is 27.4 Å². The fourth-order valence-electron chi connectivity index (χ4n) is 2.78. The van der Waals surface area contributed by atoms with Crippen LogP contribution in [0.1, 0.15) is 21.1 Å². The van der Waals surface area contributed by atoms with Gasteiger partial charge in [-0.1, -0.05) is 30.3 Å². The van der Waals surface area contributed by atoms with E-state index in [4.69, 9.17) is 14.2 Å². The number of para-hydroxylation sites is 2. The van der Waals surface area contributed by atoms with Gasteiger partial charge < -0.3 is 19.1 Å². The number of aromatic nitrogens is 1. The van der Waals surface area contributed by atoms with Crippen molar-refractivity contribution in [3.8, 4) is 11.5 Å². The zero-order chi connectivity index (χ0) is 20.5. The summed E-state index contributed by atoms with van der Waals surface area (Å²) in [5.74, 6) is 1.32. The molecule has 3 rings (SSSR count). The highest BCUT2D eigenvalue weighted by Gasteiger charge is 2.17. The molecule has 1 aromatic heterocycles. The van der Waals surface area contributed by atoms with E-state index in [2.05, 4.69) is 4.98 Å². The van der Waals surface area contributed by atoms with Gasteiger partial charge in [0.05, 0.1) is 26.0 Å². The van der Waals surface area contributed by atoms with Crippen LogP contribution < -0.4 is 9.47 Å². The Labute approximate surface area is 174 Å². The number of carbonyl (C=O) groups is 1. The summed E-state index contributed by atoms with van der Waals surface area (Å²) >= 11 is 1.51. The molecule has 0 saturated heterocycles. The molecule has 1 heterocycles. The van der Waals surface area contributed by atoms with Gasteiger partial charge in [-0.05, 0) is 24.3 Å². The summed E-state index contributed by atoms with van der Waals surface area (Å²) in [6.07, 6.45) is 0. The predicted molar refractivity (Wildman–Crippen MR) is 112 cm³/mol. The van der Waals surface area contributed by atoms with Gasteiger partial charge in [-0.15, -0.1) is 11.3 Å². The maximum Gasteiger partial charge on any atom is 0.254 e. The van der Waals surface area contributed by atoms with Gasteiger partial charge in [0, 0.05) is 24.6 Å². The van der Waals surface area contributed by atoms with Gasteiger partial charge >= 0.3 is 0 Å². The van der Waals surface area contributed by atoms with Crippen LogP contribution in [0.5, 0.6) is 11.5 Å². The molecule has 0 fully saturated rings. The maximum atomic E-state index is 12.9. The minimum absolute atomic E-state index is 0.0394. The number of nitrogens with zero attached hydrogens (tertiary/aromatic N) is 2. The van der Waals surface area contributed by atoms with Crippen LogP contribution in [0.25, 0.3) is 0 Å². The molecule has 0 unspecified atom stereocenters. The number of ether oxygens (including phenoxy) is 3. The van der Waals surface area contributed by atoms with E-state index in [0.29, 0.717) is 43.4 Å². The SMILES string of the molecule is COCCN(Cc1csc(COc2ccccc2OC)n1)C(=O)c1ccccc1. The number of benzene rings is 2. The summed E-state index contributed by atoms with van der Waals surface area (Å²) in [6.45, 7) is 1.72. The minimum Gasteiger partial charge on any atom is -0.493 e. The van der Waals surface area contributed by atoms with Gasteiger partial charge in [0.15, 0.2) is 11.5 Å². The van der Waals surface area contributed by atoms with Crippen molar-refractivity contribution in [1.29, 1.82) is 0 Å². The summed E-state index contributed by atoms with van der Waals surface area (Å²) < 4.78 is 16.3. The molecule has 29 heavy (non-hydrogen) atoms. The largest absolute Gasteiger partial charge is 0.493 e. The molecule has 3 aromatic rings. The Hall–Kier alpha value is -2.90. The van der Waals surface area contributed by atoms with Gasteiger partial charge in [0.2, 0.25) is 0 Å². The van der Waals surface area contributed by atoms with Crippen molar-refractivity contribution >= 4 is 17.2 Å². The first-order valence-electron chi connectivity index (χ1n) is 9.23. The third-order valence-electron chi connectivity index (χ3n) is 4.25. The quantitative estimate of drug-likeness (QED) is 0.503. The van der Waals surface area contributed by atoms with Gasteiger partial charge in [0.25, 0.3) is 5.91 Å². The van der Waals surface area contributed by atoms with Gasteiger partial charge in [-0.3, -0.25) is 4.79 Å². The number of carbonyl (C=O) groups excluding carboxylic acids is 1. The third kappa shape index (κ3) is 5.79. The average molecular weight is 413 g/mol. The number of hydrogen-bond donors (Lipinski definition) is 0. The summed E-state index contributed by atoms with van der Waals surface area (Å²) in [4.78, 5) is 19.2. The zero-order valence-electron chi connectivity index (χ0n) is 16.5. The Morgan fingerprint density at radius 2 is 1.76 bits per heavy atom. The second kappa shape index (κ2) is 10.6. The molecule has 6 nitrogen and oxygen atoms in total. The monoisotopic (exact) mass is 412 g/mol. The van der Waals surface area contributed by atoms with Crippen LogP contribution in [0.4, 0.5) is 0 Å². The van der Waals surface area contributed by atoms with E-state index in [9.17, 15) is 4.79 Å². The Morgan fingerprint density at radius 1 is 1.03 bits per heavy atom. The van der Waals surface area contributed by atoms with E-state index in [1.165, 1.54) is 11.3 Å². The van der Waals surface area contributed by atoms with Crippen molar-refractivity contribution in [3.63, 3.8) is 0 Å². The maximum absolute atomic E-state index is 12.9. The standard InChI is InChI=1S/C22H24N2O4S/c1-26-13-12-24(22(25)17-8-4-3-5-9-17)14-18-16-29-21(23-18)15-28-20-11-7-6-10-19(20)27-2/h3-11,16H,12-15H2,1-2H3. The minimum atomic E-state index is -0.0394. The molecule has 0 aliphatic carbocycles. The summed E-state index contributed by atoms with van der Waals surface area (Å²) in [6, 6.07) is 16.7. The van der Waals surface area contributed by atoms with E-state index in [0.717, 1.165) is 10.7 Å². The molecule has 0 radical (unpaired) electrons. The Kier molecular flexibility index (Phi) is 7.61. The van der Waals surface area contributed by atoms with Crippen LogP contribution in [0.15, 0.2) is 60.0 Å². The lowest BCUT2D eigenvalue weighted by Gasteiger charge is -2.21. The van der Waals surface area contributed by atoms with Crippen LogP contribution in [0.2, 0.25) is 0 Å². The highest BCUT2D eigenvalue weighted by molar-refractivity contribution is 7.09. The molecule has 0 N–H and O–H groups in total. The normalized spacial score (nSPS) is 10.6. The molecule has 1 amide bonds. The van der Waals surface area contributed by atoms with Crippen molar-refractivity contribution in [1.82, 2.24) is 9.88 Å². The molecule has 2 aromatic carbocycles. The van der Waals surface area contributed by atoms with Crippen molar-refractivity contribution in [2.24, 2.45) is 0 Å². The van der Waals surface area contributed by atoms with Crippen molar-refractivity contribution in [3.05, 3.63) is 76.2 Å². The molecule has 0 spiro atoms. The van der Waals surface area contributed by atoms with Gasteiger partial charge in [-0.2, -0.15) is 0 Å². The van der Waals surface area contributed by atoms with Gasteiger partial charge in [0.1, 0.15) is 11.6 Å². The van der Waals surface area contributed by atoms with Crippen LogP contribution in [0, 0.1) is 0 Å². The van der Waals surface area contributed by atoms with Crippen LogP contribution in [-0.2, 0) is 17.9 Å². The topological polar surface area (TPSA) is 60.9 Å². The van der Waals surface area contributed by atoms with E-state index in [1.807, 2.05) is 60.0 Å². The van der Waals surface area contributed by atoms with Crippen molar-refractivity contribution in [2.45, 2.75) is 13.2 Å². The predicted octanol–water partition coefficient (Wildman–Crippen LogP) is 4.02. The lowest BCUT2D eigenvalue weighted by Crippen LogP contribution is -2.33. The fourth-order valence-corrected chi connectivity index (χ4v) is 3.47. The lowest BCUT2D eigenvalue weighted by atomic mass is 10.2. The Morgan fingerprint density at radius 3 is 2.48 bits per heavy atom. The molecule has 0 aliphatic heterocycles. The number of methoxy groups -OCH3 is 2. The second-order valence-electron chi connectivity index (χ2n) is 6.26. The summed E-state index contributed by atoms with van der Waals surface area (Å²) in [5, 5.41) is 2.80. The molecule has 0 saturated carbocycles. The Balaban J connectivity index is 1.65. The van der Waals surface area contributed by atoms with Crippen molar-refractivity contribution < 1.29 is 19.0 Å². The first-order valence-corrected chi connectivity index (χ1v) is 10.1. The van der Waals surface area contributed by atoms with Crippen LogP contribution in [0.3, 0.4) is 0 Å². The molecule has 7 heteroatoms. The molecule has 0 bridgehead atoms. The zero-order valence-corrected chi connectivity index (χ0v) is 17.4. The van der Waals surface area contributed by atoms with E-state index in [-0.39, 0.29) is 5.91 Å². The third-order valence-corrected chi connectivity index (χ3v) is 5.12. The summed E-state index contributed by atoms with van der Waals surface area (Å²) in [7, 11) is 3.24. The van der Waals surface area contributed by atoms with Gasteiger partial charge in [-0.25, -0.2) is 4.98 Å². The van der Waals surface area contributed by atoms with E-state index in [1.54, 1.807) is 19.1 Å². The smallest absolute Gasteiger partial charge is 0.254 e. The summed E-state index contributed by atoms with van der Waals surface area (Å²) in [5.41, 5.74) is 1.48. The number of amides is 1. The number of rotatable bonds is 10. The molecular weight excluding hydrogens is 388 g/mol. The second-order valence-corrected chi connectivity index (χ2v) is 7.20.